The van der Waals surface area contributed by atoms with Crippen molar-refractivity contribution in [3.05, 3.63) is 0 Å². The maximum absolute atomic E-state index is 12.7. The number of alkyl halides is 1. The van der Waals surface area contributed by atoms with Crippen molar-refractivity contribution in [1.82, 2.24) is 10.6 Å². The van der Waals surface area contributed by atoms with Gasteiger partial charge in [-0.05, 0) is 38.5 Å². The molecule has 2 aliphatic rings. The first-order chi connectivity index (χ1) is 12.3. The molecule has 0 radical (unpaired) electrons. The van der Waals surface area contributed by atoms with Gasteiger partial charge in [0, 0.05) is 0 Å². The predicted molar refractivity (Wildman–Crippen MR) is 113 cm³/mol. The fraction of sp³-hybridized carbons (Fsp3) is 0.941. The van der Waals surface area contributed by atoms with Crippen LogP contribution in [-0.2, 0) is 9.53 Å². The number of aliphatic hydroxyl groups excluding tert-OH is 3. The first kappa shape index (κ1) is 28.2. The van der Waals surface area contributed by atoms with Crippen LogP contribution < -0.4 is 10.6 Å². The average molecular weight is 465 g/mol. The molecule has 2 saturated heterocycles. The summed E-state index contributed by atoms with van der Waals surface area (Å²) < 4.78 is 5.77. The van der Waals surface area contributed by atoms with Gasteiger partial charge in [0.05, 0.1) is 17.5 Å². The largest absolute Gasteiger partial charge is 0.412 e. The fourth-order valence-electron chi connectivity index (χ4n) is 3.66. The number of amides is 1. The lowest BCUT2D eigenvalue weighted by Crippen LogP contribution is -2.65. The highest BCUT2D eigenvalue weighted by molar-refractivity contribution is 7.99. The molecule has 0 aliphatic carbocycles. The Kier molecular flexibility index (Phi) is 12.8. The Morgan fingerprint density at radius 2 is 1.96 bits per heavy atom. The van der Waals surface area contributed by atoms with Crippen molar-refractivity contribution in [2.45, 2.75) is 80.4 Å². The van der Waals surface area contributed by atoms with E-state index < -0.39 is 41.3 Å². The van der Waals surface area contributed by atoms with Crippen molar-refractivity contribution in [3.63, 3.8) is 0 Å². The Hall–Kier alpha value is 0.160. The standard InChI is InChI=1S/C17H31ClN2O5S.ClH.H2O/c1-4-9-5-6-19-10(7-9)16(24)20-11(8(2)18)15-13(22)12(21)14(23)17(25-15)26-3;;/h8-15,17,19,21-23H,4-7H2,1-3H3,(H,20,24);1H;1H2/t8-,9+,10-,11+,12-,13+,14+,15+,17+;;/m0../s1. The lowest BCUT2D eigenvalue weighted by Gasteiger charge is -2.44. The first-order valence-electron chi connectivity index (χ1n) is 9.20. The highest BCUT2D eigenvalue weighted by atomic mass is 35.5. The molecule has 2 aliphatic heterocycles. The van der Waals surface area contributed by atoms with E-state index in [0.717, 1.165) is 25.8 Å². The van der Waals surface area contributed by atoms with E-state index in [-0.39, 0.29) is 29.8 Å². The number of halogens is 2. The van der Waals surface area contributed by atoms with Gasteiger partial charge < -0.3 is 36.2 Å². The van der Waals surface area contributed by atoms with E-state index in [1.165, 1.54) is 11.8 Å². The highest BCUT2D eigenvalue weighted by Gasteiger charge is 2.48. The van der Waals surface area contributed by atoms with Crippen LogP contribution in [0, 0.1) is 5.92 Å². The summed E-state index contributed by atoms with van der Waals surface area (Å²) in [6.45, 7) is 4.62. The molecule has 7 N–H and O–H groups in total. The SMILES string of the molecule is CC[C@@H]1CCN[C@H](C(=O)N[C@@H]([C@H]2O[C@H](SC)[C@H](O)[C@@H](O)[C@H]2O)[C@H](C)Cl)C1.Cl.O. The monoisotopic (exact) mass is 464 g/mol. The smallest absolute Gasteiger partial charge is 0.237 e. The minimum Gasteiger partial charge on any atom is -0.412 e. The molecule has 28 heavy (non-hydrogen) atoms. The number of carbonyl (C=O) groups is 1. The summed E-state index contributed by atoms with van der Waals surface area (Å²) in [6.07, 6.45) is -0.236. The summed E-state index contributed by atoms with van der Waals surface area (Å²) in [5.41, 5.74) is -0.703. The predicted octanol–water partition coefficient (Wildman–Crippen LogP) is -0.356. The Bertz CT molecular complexity index is 477. The van der Waals surface area contributed by atoms with E-state index >= 15 is 0 Å². The van der Waals surface area contributed by atoms with E-state index in [9.17, 15) is 20.1 Å². The van der Waals surface area contributed by atoms with Crippen molar-refractivity contribution in [1.29, 1.82) is 0 Å². The zero-order valence-electron chi connectivity index (χ0n) is 16.4. The van der Waals surface area contributed by atoms with Crippen LogP contribution in [-0.4, -0.2) is 86.8 Å². The van der Waals surface area contributed by atoms with Crippen LogP contribution in [0.4, 0.5) is 0 Å². The quantitative estimate of drug-likeness (QED) is 0.337. The number of aliphatic hydroxyl groups is 3. The summed E-state index contributed by atoms with van der Waals surface area (Å²) in [5, 5.41) is 36.1. The van der Waals surface area contributed by atoms with E-state index in [2.05, 4.69) is 17.6 Å². The van der Waals surface area contributed by atoms with Crippen molar-refractivity contribution in [2.75, 3.05) is 12.8 Å². The lowest BCUT2D eigenvalue weighted by molar-refractivity contribution is -0.205. The maximum atomic E-state index is 12.7. The van der Waals surface area contributed by atoms with Gasteiger partial charge in [0.15, 0.2) is 0 Å². The number of rotatable bonds is 6. The molecule has 0 aromatic rings. The molecular formula is C17H34Cl2N2O6S. The Labute approximate surface area is 181 Å². The second kappa shape index (κ2) is 12.8. The van der Waals surface area contributed by atoms with Crippen LogP contribution in [0.15, 0.2) is 0 Å². The van der Waals surface area contributed by atoms with E-state index in [1.807, 2.05) is 0 Å². The minimum atomic E-state index is -1.36. The van der Waals surface area contributed by atoms with Gasteiger partial charge in [0.1, 0.15) is 29.9 Å². The van der Waals surface area contributed by atoms with Gasteiger partial charge in [-0.15, -0.1) is 35.8 Å². The number of carbonyl (C=O) groups excluding carboxylic acids is 1. The summed E-state index contributed by atoms with van der Waals surface area (Å²) in [6, 6.07) is -1.00. The van der Waals surface area contributed by atoms with Crippen LogP contribution in [0.3, 0.4) is 0 Å². The molecular weight excluding hydrogens is 431 g/mol. The van der Waals surface area contributed by atoms with Crippen molar-refractivity contribution >= 4 is 41.7 Å². The Morgan fingerprint density at radius 3 is 2.50 bits per heavy atom. The van der Waals surface area contributed by atoms with E-state index in [4.69, 9.17) is 16.3 Å². The topological polar surface area (TPSA) is 143 Å². The Morgan fingerprint density at radius 1 is 1.32 bits per heavy atom. The number of thioether (sulfide) groups is 1. The van der Waals surface area contributed by atoms with E-state index in [0.29, 0.717) is 5.92 Å². The summed E-state index contributed by atoms with van der Waals surface area (Å²) in [4.78, 5) is 12.7. The number of piperidine rings is 1. The second-order valence-corrected chi connectivity index (χ2v) is 8.82. The molecule has 0 unspecified atom stereocenters. The van der Waals surface area contributed by atoms with Gasteiger partial charge in [-0.1, -0.05) is 13.3 Å². The summed E-state index contributed by atoms with van der Waals surface area (Å²) >= 11 is 7.51. The third-order valence-corrected chi connectivity index (χ3v) is 6.53. The molecule has 8 nitrogen and oxygen atoms in total. The van der Waals surface area contributed by atoms with Gasteiger partial charge in [-0.25, -0.2) is 0 Å². The van der Waals surface area contributed by atoms with Crippen molar-refractivity contribution in [2.24, 2.45) is 5.92 Å². The van der Waals surface area contributed by atoms with Crippen LogP contribution >= 0.6 is 35.8 Å². The molecule has 0 spiro atoms. The molecule has 2 fully saturated rings. The number of ether oxygens (including phenoxy) is 1. The third-order valence-electron chi connectivity index (χ3n) is 5.40. The summed E-state index contributed by atoms with van der Waals surface area (Å²) in [7, 11) is 0. The molecule has 0 saturated carbocycles. The molecule has 2 heterocycles. The molecule has 0 bridgehead atoms. The Balaban J connectivity index is 0.00000364. The van der Waals surface area contributed by atoms with Crippen molar-refractivity contribution < 1.29 is 30.3 Å². The summed E-state index contributed by atoms with van der Waals surface area (Å²) in [5.74, 6) is 0.325. The van der Waals surface area contributed by atoms with Gasteiger partial charge in [-0.2, -0.15) is 0 Å². The molecule has 168 valence electrons. The van der Waals surface area contributed by atoms with Crippen LogP contribution in [0.1, 0.15) is 33.1 Å². The van der Waals surface area contributed by atoms with Crippen LogP contribution in [0.2, 0.25) is 0 Å². The first-order valence-corrected chi connectivity index (χ1v) is 10.9. The zero-order valence-corrected chi connectivity index (χ0v) is 18.8. The minimum absolute atomic E-state index is 0. The lowest BCUT2D eigenvalue weighted by atomic mass is 9.89. The number of hydrogen-bond donors (Lipinski definition) is 5. The van der Waals surface area contributed by atoms with Gasteiger partial charge in [0.2, 0.25) is 5.91 Å². The molecule has 9 atom stereocenters. The second-order valence-electron chi connectivity index (χ2n) is 7.19. The van der Waals surface area contributed by atoms with Crippen LogP contribution in [0.5, 0.6) is 0 Å². The molecule has 11 heteroatoms. The normalized spacial score (nSPS) is 37.8. The molecule has 0 aromatic heterocycles. The van der Waals surface area contributed by atoms with Crippen molar-refractivity contribution in [3.8, 4) is 0 Å². The van der Waals surface area contributed by atoms with Gasteiger partial charge in [0.25, 0.3) is 0 Å². The van der Waals surface area contributed by atoms with Gasteiger partial charge >= 0.3 is 0 Å². The molecule has 2 rings (SSSR count). The van der Waals surface area contributed by atoms with Crippen LogP contribution in [0.25, 0.3) is 0 Å². The third kappa shape index (κ3) is 6.58. The zero-order chi connectivity index (χ0) is 19.4. The van der Waals surface area contributed by atoms with E-state index in [1.54, 1.807) is 13.2 Å². The fourth-order valence-corrected chi connectivity index (χ4v) is 4.54. The molecule has 1 amide bonds. The number of nitrogens with one attached hydrogen (secondary N) is 2. The van der Waals surface area contributed by atoms with Gasteiger partial charge in [-0.3, -0.25) is 4.79 Å². The maximum Gasteiger partial charge on any atom is 0.237 e. The average Bonchev–Trinajstić information content (AvgIpc) is 2.64. The number of hydrogen-bond acceptors (Lipinski definition) is 7. The highest BCUT2D eigenvalue weighted by Crippen LogP contribution is 2.30. The molecule has 0 aromatic carbocycles.